The summed E-state index contributed by atoms with van der Waals surface area (Å²) in [6.45, 7) is 12.9. The highest BCUT2D eigenvalue weighted by Gasteiger charge is 2.59. The summed E-state index contributed by atoms with van der Waals surface area (Å²) in [7, 11) is -2.76. The zero-order chi connectivity index (χ0) is 26.1. The lowest BCUT2D eigenvalue weighted by Crippen LogP contribution is -2.67. The standard InChI is InChI=1S/C28H37BrO6Si/c1-7-31-26(30)22(29)24-25-23(34-28(5,6)35-25)21(33-24)18-32-36(27(2,3)4,19-14-10-8-11-15-19)20-16-12-9-13-17-20/h8-17,21-25H,7,18H2,1-6H3/t21-,22?,23-,24+,25-/m1/s1. The average Bonchev–Trinajstić information content (AvgIpc) is 3.32. The van der Waals surface area contributed by atoms with Gasteiger partial charge in [0.15, 0.2) is 5.79 Å². The number of carbonyl (C=O) groups is 1. The monoisotopic (exact) mass is 576 g/mol. The van der Waals surface area contributed by atoms with Crippen molar-refractivity contribution < 1.29 is 28.2 Å². The van der Waals surface area contributed by atoms with Crippen molar-refractivity contribution in [2.24, 2.45) is 0 Å². The summed E-state index contributed by atoms with van der Waals surface area (Å²) in [5.74, 6) is -1.16. The van der Waals surface area contributed by atoms with Crippen molar-refractivity contribution in [3.63, 3.8) is 0 Å². The molecule has 5 atom stereocenters. The molecule has 196 valence electrons. The fourth-order valence-corrected chi connectivity index (χ4v) is 10.5. The van der Waals surface area contributed by atoms with E-state index in [1.807, 2.05) is 26.0 Å². The Kier molecular flexibility index (Phi) is 8.15. The number of benzene rings is 2. The number of hydrogen-bond donors (Lipinski definition) is 0. The number of carbonyl (C=O) groups excluding carboxylic acids is 1. The summed E-state index contributed by atoms with van der Waals surface area (Å²) in [4.78, 5) is 11.9. The molecule has 1 unspecified atom stereocenters. The largest absolute Gasteiger partial charge is 0.465 e. The quantitative estimate of drug-likeness (QED) is 0.267. The van der Waals surface area contributed by atoms with Gasteiger partial charge in [-0.2, -0.15) is 0 Å². The molecule has 2 heterocycles. The molecule has 36 heavy (non-hydrogen) atoms. The number of alkyl halides is 1. The Morgan fingerprint density at radius 2 is 1.53 bits per heavy atom. The van der Waals surface area contributed by atoms with E-state index >= 15 is 0 Å². The smallest absolute Gasteiger partial charge is 0.322 e. The molecular formula is C28H37BrO6Si. The van der Waals surface area contributed by atoms with Crippen LogP contribution in [0.25, 0.3) is 0 Å². The van der Waals surface area contributed by atoms with Crippen LogP contribution in [0.5, 0.6) is 0 Å². The van der Waals surface area contributed by atoms with Crippen LogP contribution in [0.3, 0.4) is 0 Å². The lowest BCUT2D eigenvalue weighted by molar-refractivity contribution is -0.191. The third kappa shape index (κ3) is 5.21. The van der Waals surface area contributed by atoms with Gasteiger partial charge in [0.2, 0.25) is 0 Å². The topological polar surface area (TPSA) is 63.2 Å². The third-order valence-electron chi connectivity index (χ3n) is 6.87. The van der Waals surface area contributed by atoms with Crippen molar-refractivity contribution in [1.29, 1.82) is 0 Å². The van der Waals surface area contributed by atoms with Crippen LogP contribution >= 0.6 is 15.9 Å². The van der Waals surface area contributed by atoms with Crippen LogP contribution in [0.15, 0.2) is 60.7 Å². The van der Waals surface area contributed by atoms with Crippen molar-refractivity contribution >= 4 is 40.6 Å². The van der Waals surface area contributed by atoms with Crippen LogP contribution in [0.2, 0.25) is 5.04 Å². The van der Waals surface area contributed by atoms with Crippen molar-refractivity contribution in [3.8, 4) is 0 Å². The SMILES string of the molecule is CCOC(=O)C(Br)[C@@H]1O[C@H](CO[Si](c2ccccc2)(c2ccccc2)C(C)(C)C)[C@H]2OC(C)(C)O[C@H]21. The minimum Gasteiger partial charge on any atom is -0.465 e. The molecule has 2 aromatic rings. The molecular weight excluding hydrogens is 540 g/mol. The third-order valence-corrected chi connectivity index (χ3v) is 12.8. The van der Waals surface area contributed by atoms with Crippen molar-refractivity contribution in [2.45, 2.75) is 81.6 Å². The lowest BCUT2D eigenvalue weighted by Gasteiger charge is -2.43. The Labute approximate surface area is 223 Å². The fraction of sp³-hybridized carbons (Fsp3) is 0.536. The normalized spacial score (nSPS) is 26.4. The summed E-state index contributed by atoms with van der Waals surface area (Å²) in [6.07, 6.45) is -1.74. The van der Waals surface area contributed by atoms with Crippen molar-refractivity contribution in [3.05, 3.63) is 60.7 Å². The highest BCUT2D eigenvalue weighted by Crippen LogP contribution is 2.43. The molecule has 0 saturated carbocycles. The van der Waals surface area contributed by atoms with Gasteiger partial charge < -0.3 is 23.4 Å². The van der Waals surface area contributed by atoms with Gasteiger partial charge in [-0.15, -0.1) is 0 Å². The number of hydrogen-bond acceptors (Lipinski definition) is 6. The molecule has 4 rings (SSSR count). The Morgan fingerprint density at radius 3 is 2.03 bits per heavy atom. The summed E-state index contributed by atoms with van der Waals surface area (Å²) in [5.41, 5.74) is 0. The predicted molar refractivity (Wildman–Crippen MR) is 145 cm³/mol. The summed E-state index contributed by atoms with van der Waals surface area (Å²) >= 11 is 3.50. The van der Waals surface area contributed by atoms with E-state index in [1.165, 1.54) is 10.4 Å². The van der Waals surface area contributed by atoms with Crippen LogP contribution in [0.1, 0.15) is 41.5 Å². The van der Waals surface area contributed by atoms with E-state index in [4.69, 9.17) is 23.4 Å². The molecule has 0 aliphatic carbocycles. The van der Waals surface area contributed by atoms with Crippen LogP contribution in [-0.2, 0) is 28.2 Å². The summed E-state index contributed by atoms with van der Waals surface area (Å²) < 4.78 is 31.3. The van der Waals surface area contributed by atoms with Crippen LogP contribution in [-0.4, -0.2) is 62.5 Å². The first-order valence-electron chi connectivity index (χ1n) is 12.6. The minimum atomic E-state index is -2.76. The van der Waals surface area contributed by atoms with Crippen molar-refractivity contribution in [1.82, 2.24) is 0 Å². The highest BCUT2D eigenvalue weighted by molar-refractivity contribution is 9.10. The molecule has 0 aromatic heterocycles. The number of rotatable bonds is 8. The first kappa shape index (κ1) is 27.5. The van der Waals surface area contributed by atoms with Gasteiger partial charge >= 0.3 is 5.97 Å². The molecule has 8 heteroatoms. The Bertz CT molecular complexity index is 986. The molecule has 2 saturated heterocycles. The summed E-state index contributed by atoms with van der Waals surface area (Å²) in [6, 6.07) is 21.0. The van der Waals surface area contributed by atoms with Gasteiger partial charge in [-0.05, 0) is 36.2 Å². The lowest BCUT2D eigenvalue weighted by atomic mass is 10.1. The number of esters is 1. The maximum atomic E-state index is 12.5. The Morgan fingerprint density at radius 1 is 1.00 bits per heavy atom. The fourth-order valence-electron chi connectivity index (χ4n) is 5.41. The molecule has 0 amide bonds. The molecule has 0 bridgehead atoms. The second-order valence-electron chi connectivity index (χ2n) is 10.8. The van der Waals surface area contributed by atoms with Gasteiger partial charge in [-0.25, -0.2) is 0 Å². The van der Waals surface area contributed by atoms with Gasteiger partial charge in [-0.3, -0.25) is 4.79 Å². The van der Waals surface area contributed by atoms with Gasteiger partial charge in [-0.1, -0.05) is 97.4 Å². The maximum Gasteiger partial charge on any atom is 0.322 e. The number of fused-ring (bicyclic) bond motifs is 1. The van der Waals surface area contributed by atoms with E-state index in [9.17, 15) is 4.79 Å². The van der Waals surface area contributed by atoms with E-state index in [2.05, 4.69) is 85.2 Å². The van der Waals surface area contributed by atoms with E-state index in [-0.39, 0.29) is 17.1 Å². The van der Waals surface area contributed by atoms with Gasteiger partial charge in [0.05, 0.1) is 13.2 Å². The minimum absolute atomic E-state index is 0.164. The second-order valence-corrected chi connectivity index (χ2v) is 16.1. The first-order valence-corrected chi connectivity index (χ1v) is 15.4. The number of halogens is 1. The molecule has 0 N–H and O–H groups in total. The number of ether oxygens (including phenoxy) is 4. The van der Waals surface area contributed by atoms with Crippen LogP contribution < -0.4 is 10.4 Å². The Hall–Kier alpha value is -1.55. The van der Waals surface area contributed by atoms with E-state index in [1.54, 1.807) is 6.92 Å². The summed E-state index contributed by atoms with van der Waals surface area (Å²) in [5, 5.41) is 2.23. The molecule has 2 fully saturated rings. The van der Waals surface area contributed by atoms with E-state index in [0.717, 1.165) is 0 Å². The predicted octanol–water partition coefficient (Wildman–Crippen LogP) is 4.18. The van der Waals surface area contributed by atoms with Crippen LogP contribution in [0.4, 0.5) is 0 Å². The molecule has 2 aromatic carbocycles. The first-order chi connectivity index (χ1) is 17.0. The Balaban J connectivity index is 1.67. The van der Waals surface area contributed by atoms with E-state index < -0.39 is 37.2 Å². The van der Waals surface area contributed by atoms with Crippen LogP contribution in [0, 0.1) is 0 Å². The molecule has 6 nitrogen and oxygen atoms in total. The van der Waals surface area contributed by atoms with Crippen molar-refractivity contribution in [2.75, 3.05) is 13.2 Å². The highest BCUT2D eigenvalue weighted by atomic mass is 79.9. The van der Waals surface area contributed by atoms with E-state index in [0.29, 0.717) is 13.2 Å². The van der Waals surface area contributed by atoms with Gasteiger partial charge in [0.1, 0.15) is 29.2 Å². The maximum absolute atomic E-state index is 12.5. The molecule has 2 aliphatic heterocycles. The molecule has 0 spiro atoms. The average molecular weight is 578 g/mol. The zero-order valence-corrected chi connectivity index (χ0v) is 24.5. The van der Waals surface area contributed by atoms with Gasteiger partial charge in [0, 0.05) is 0 Å². The second kappa shape index (κ2) is 10.7. The molecule has 0 radical (unpaired) electrons. The van der Waals surface area contributed by atoms with Gasteiger partial charge in [0.25, 0.3) is 8.32 Å². The zero-order valence-electron chi connectivity index (χ0n) is 21.9. The molecule has 2 aliphatic rings.